The van der Waals surface area contributed by atoms with Gasteiger partial charge in [-0.3, -0.25) is 14.5 Å². The predicted molar refractivity (Wildman–Crippen MR) is 122 cm³/mol. The van der Waals surface area contributed by atoms with E-state index >= 15 is 0 Å². The second-order valence-electron chi connectivity index (χ2n) is 7.23. The number of aromatic nitrogens is 3. The molecule has 4 rings (SSSR count). The number of hydrogen-bond acceptors (Lipinski definition) is 9. The molecule has 0 fully saturated rings. The van der Waals surface area contributed by atoms with Crippen LogP contribution in [0.1, 0.15) is 23.2 Å². The lowest BCUT2D eigenvalue weighted by atomic mass is 10.3. The third-order valence-corrected chi connectivity index (χ3v) is 5.98. The van der Waals surface area contributed by atoms with Gasteiger partial charge in [0, 0.05) is 11.8 Å². The average Bonchev–Trinajstić information content (AvgIpc) is 3.22. The first-order valence-electron chi connectivity index (χ1n) is 10.0. The van der Waals surface area contributed by atoms with Gasteiger partial charge in [0.05, 0.1) is 22.1 Å². The van der Waals surface area contributed by atoms with Crippen molar-refractivity contribution in [1.29, 1.82) is 0 Å². The van der Waals surface area contributed by atoms with Crippen LogP contribution in [0.4, 0.5) is 11.5 Å². The summed E-state index contributed by atoms with van der Waals surface area (Å²) in [5, 5.41) is 6.16. The lowest BCUT2D eigenvalue weighted by molar-refractivity contribution is -0.123. The highest BCUT2D eigenvalue weighted by Crippen LogP contribution is 2.18. The predicted octanol–water partition coefficient (Wildman–Crippen LogP) is 2.91. The zero-order chi connectivity index (χ0) is 24.3. The maximum atomic E-state index is 12.4. The highest BCUT2D eigenvalue weighted by Gasteiger charge is 2.21. The van der Waals surface area contributed by atoms with Crippen molar-refractivity contribution in [2.75, 3.05) is 10.0 Å². The third kappa shape index (κ3) is 5.18. The fourth-order valence-corrected chi connectivity index (χ4v) is 3.89. The first-order chi connectivity index (χ1) is 16.2. The summed E-state index contributed by atoms with van der Waals surface area (Å²) in [6.45, 7) is 3.04. The molecule has 0 aliphatic carbocycles. The quantitative estimate of drug-likeness (QED) is 0.379. The lowest BCUT2D eigenvalue weighted by Gasteiger charge is -2.13. The van der Waals surface area contributed by atoms with E-state index in [9.17, 15) is 18.0 Å². The van der Waals surface area contributed by atoms with Crippen LogP contribution in [0, 0.1) is 6.92 Å². The van der Waals surface area contributed by atoms with Gasteiger partial charge in [0.1, 0.15) is 5.76 Å². The molecule has 2 aromatic carbocycles. The Hall–Kier alpha value is -4.32. The fraction of sp³-hybridized carbons (Fsp3) is 0.136. The van der Waals surface area contributed by atoms with Gasteiger partial charge in [0.2, 0.25) is 0 Å². The van der Waals surface area contributed by atoms with E-state index in [0.29, 0.717) is 22.5 Å². The highest BCUT2D eigenvalue weighted by molar-refractivity contribution is 7.92. The van der Waals surface area contributed by atoms with Gasteiger partial charge in [-0.15, -0.1) is 0 Å². The molecule has 0 bridgehead atoms. The van der Waals surface area contributed by atoms with E-state index in [1.165, 1.54) is 43.5 Å². The van der Waals surface area contributed by atoms with Crippen LogP contribution < -0.4 is 10.0 Å². The maximum absolute atomic E-state index is 12.4. The SMILES string of the molecule is Cc1cc(NS(=O)(=O)c2ccc(NC(=O)C(C)OC(=O)c3cnc4ccccc4n3)cc2)no1. The van der Waals surface area contributed by atoms with Gasteiger partial charge in [-0.1, -0.05) is 17.3 Å². The Morgan fingerprint density at radius 1 is 1.06 bits per heavy atom. The lowest BCUT2D eigenvalue weighted by Crippen LogP contribution is -2.30. The van der Waals surface area contributed by atoms with Crippen LogP contribution >= 0.6 is 0 Å². The molecule has 1 amide bonds. The Morgan fingerprint density at radius 3 is 2.44 bits per heavy atom. The number of nitrogens with one attached hydrogen (secondary N) is 2. The van der Waals surface area contributed by atoms with Gasteiger partial charge in [-0.05, 0) is 50.2 Å². The number of aryl methyl sites for hydroxylation is 1. The molecule has 12 heteroatoms. The van der Waals surface area contributed by atoms with E-state index in [1.54, 1.807) is 31.2 Å². The summed E-state index contributed by atoms with van der Waals surface area (Å²) in [7, 11) is -3.89. The smallest absolute Gasteiger partial charge is 0.359 e. The fourth-order valence-electron chi connectivity index (χ4n) is 2.90. The molecule has 174 valence electrons. The topological polar surface area (TPSA) is 153 Å². The third-order valence-electron chi connectivity index (χ3n) is 4.61. The number of carbonyl (C=O) groups is 2. The number of hydrogen-bond donors (Lipinski definition) is 2. The molecule has 4 aromatic rings. The number of rotatable bonds is 7. The van der Waals surface area contributed by atoms with Crippen molar-refractivity contribution >= 4 is 44.4 Å². The molecule has 0 aliphatic rings. The molecular formula is C22H19N5O6S. The van der Waals surface area contributed by atoms with Gasteiger partial charge in [-0.25, -0.2) is 18.2 Å². The summed E-state index contributed by atoms with van der Waals surface area (Å²) < 4.78 is 37.2. The minimum atomic E-state index is -3.89. The van der Waals surface area contributed by atoms with Gasteiger partial charge >= 0.3 is 5.97 Å². The number of sulfonamides is 1. The minimum Gasteiger partial charge on any atom is -0.448 e. The van der Waals surface area contributed by atoms with Crippen LogP contribution in [-0.2, 0) is 19.6 Å². The molecule has 2 N–H and O–H groups in total. The van der Waals surface area contributed by atoms with Crippen molar-refractivity contribution in [1.82, 2.24) is 15.1 Å². The first kappa shape index (κ1) is 22.9. The summed E-state index contributed by atoms with van der Waals surface area (Å²) in [6, 6.07) is 13.9. The van der Waals surface area contributed by atoms with Crippen molar-refractivity contribution in [2.24, 2.45) is 0 Å². The molecular weight excluding hydrogens is 462 g/mol. The van der Waals surface area contributed by atoms with Gasteiger partial charge in [0.25, 0.3) is 15.9 Å². The molecule has 1 atom stereocenters. The molecule has 0 saturated carbocycles. The second-order valence-corrected chi connectivity index (χ2v) is 8.92. The van der Waals surface area contributed by atoms with Crippen molar-refractivity contribution in [3.63, 3.8) is 0 Å². The Labute approximate surface area is 194 Å². The Morgan fingerprint density at radius 2 is 1.76 bits per heavy atom. The van der Waals surface area contributed by atoms with Crippen LogP contribution in [0.25, 0.3) is 11.0 Å². The molecule has 11 nitrogen and oxygen atoms in total. The summed E-state index contributed by atoms with van der Waals surface area (Å²) in [5.74, 6) is -0.884. The van der Waals surface area contributed by atoms with Gasteiger partial charge in [-0.2, -0.15) is 0 Å². The normalized spacial score (nSPS) is 12.2. The van der Waals surface area contributed by atoms with E-state index in [4.69, 9.17) is 9.26 Å². The molecule has 0 spiro atoms. The summed E-state index contributed by atoms with van der Waals surface area (Å²) in [4.78, 5) is 33.1. The van der Waals surface area contributed by atoms with Crippen LogP contribution in [0.3, 0.4) is 0 Å². The number of esters is 1. The van der Waals surface area contributed by atoms with Crippen LogP contribution in [0.2, 0.25) is 0 Å². The molecule has 2 aromatic heterocycles. The monoisotopic (exact) mass is 481 g/mol. The number of ether oxygens (including phenoxy) is 1. The zero-order valence-electron chi connectivity index (χ0n) is 18.1. The number of fused-ring (bicyclic) bond motifs is 1. The molecule has 2 heterocycles. The number of amides is 1. The van der Waals surface area contributed by atoms with Crippen LogP contribution in [0.5, 0.6) is 0 Å². The first-order valence-corrected chi connectivity index (χ1v) is 11.5. The van der Waals surface area contributed by atoms with Crippen molar-refractivity contribution < 1.29 is 27.3 Å². The zero-order valence-corrected chi connectivity index (χ0v) is 18.9. The average molecular weight is 481 g/mol. The van der Waals surface area contributed by atoms with E-state index in [2.05, 4.69) is 25.2 Å². The van der Waals surface area contributed by atoms with E-state index in [1.807, 2.05) is 0 Å². The Balaban J connectivity index is 1.37. The van der Waals surface area contributed by atoms with Crippen molar-refractivity contribution in [2.45, 2.75) is 24.8 Å². The number of para-hydroxylation sites is 2. The second kappa shape index (κ2) is 9.27. The molecule has 0 radical (unpaired) electrons. The van der Waals surface area contributed by atoms with Crippen LogP contribution in [0.15, 0.2) is 70.2 Å². The van der Waals surface area contributed by atoms with Crippen molar-refractivity contribution in [3.05, 3.63) is 72.2 Å². The molecule has 34 heavy (non-hydrogen) atoms. The molecule has 0 saturated heterocycles. The number of benzene rings is 2. The molecule has 1 unspecified atom stereocenters. The molecule has 0 aliphatic heterocycles. The summed E-state index contributed by atoms with van der Waals surface area (Å²) in [5.41, 5.74) is 1.44. The standard InChI is InChI=1S/C22H19N5O6S/c1-13-11-20(26-33-13)27-34(30,31)16-9-7-15(8-10-16)24-21(28)14(2)32-22(29)19-12-23-17-5-3-4-6-18(17)25-19/h3-12,14H,1-2H3,(H,24,28)(H,26,27). The van der Waals surface area contributed by atoms with Crippen LogP contribution in [-0.4, -0.2) is 41.5 Å². The highest BCUT2D eigenvalue weighted by atomic mass is 32.2. The Kier molecular flexibility index (Phi) is 6.23. The number of anilines is 2. The number of carbonyl (C=O) groups excluding carboxylic acids is 2. The van der Waals surface area contributed by atoms with Crippen molar-refractivity contribution in [3.8, 4) is 0 Å². The van der Waals surface area contributed by atoms with Gasteiger partial charge < -0.3 is 14.6 Å². The van der Waals surface area contributed by atoms with E-state index in [-0.39, 0.29) is 16.4 Å². The van der Waals surface area contributed by atoms with E-state index in [0.717, 1.165) is 0 Å². The minimum absolute atomic E-state index is 0.0253. The summed E-state index contributed by atoms with van der Waals surface area (Å²) in [6.07, 6.45) is 0.143. The van der Waals surface area contributed by atoms with E-state index < -0.39 is 28.0 Å². The van der Waals surface area contributed by atoms with Gasteiger partial charge in [0.15, 0.2) is 17.6 Å². The largest absolute Gasteiger partial charge is 0.448 e. The Bertz CT molecular complexity index is 1470. The maximum Gasteiger partial charge on any atom is 0.359 e. The summed E-state index contributed by atoms with van der Waals surface area (Å²) >= 11 is 0. The number of nitrogens with zero attached hydrogens (tertiary/aromatic N) is 3.